The van der Waals surface area contributed by atoms with Gasteiger partial charge in [0.2, 0.25) is 0 Å². The zero-order chi connectivity index (χ0) is 14.3. The second-order valence-electron chi connectivity index (χ2n) is 5.75. The van der Waals surface area contributed by atoms with Gasteiger partial charge in [0.05, 0.1) is 16.4 Å². The van der Waals surface area contributed by atoms with Crippen molar-refractivity contribution in [2.24, 2.45) is 5.92 Å². The zero-order valence-corrected chi connectivity index (χ0v) is 14.2. The molecule has 108 valence electrons. The highest BCUT2D eigenvalue weighted by molar-refractivity contribution is 9.10. The van der Waals surface area contributed by atoms with Crippen LogP contribution >= 0.6 is 27.5 Å². The standard InChI is InChI=1S/C15H19BrClN3/c1-10(17)15-18-13-7-12(16)3-4-14(13)20(15)9-11-5-6-19(2)8-11/h3-4,7,10-11H,5-6,8-9H2,1-2H3. The third kappa shape index (κ3) is 2.74. The molecule has 0 saturated carbocycles. The number of hydrogen-bond donors (Lipinski definition) is 0. The summed E-state index contributed by atoms with van der Waals surface area (Å²) in [7, 11) is 2.19. The van der Waals surface area contributed by atoms with Crippen molar-refractivity contribution in [3.8, 4) is 0 Å². The molecule has 3 nitrogen and oxygen atoms in total. The van der Waals surface area contributed by atoms with Crippen LogP contribution in [0, 0.1) is 5.92 Å². The van der Waals surface area contributed by atoms with Crippen LogP contribution in [0.1, 0.15) is 24.5 Å². The van der Waals surface area contributed by atoms with Crippen molar-refractivity contribution in [3.63, 3.8) is 0 Å². The van der Waals surface area contributed by atoms with E-state index in [1.807, 2.05) is 6.92 Å². The van der Waals surface area contributed by atoms with Crippen LogP contribution in [-0.2, 0) is 6.54 Å². The number of fused-ring (bicyclic) bond motifs is 1. The van der Waals surface area contributed by atoms with E-state index in [1.165, 1.54) is 18.5 Å². The number of rotatable bonds is 3. The van der Waals surface area contributed by atoms with Crippen molar-refractivity contribution in [1.29, 1.82) is 0 Å². The van der Waals surface area contributed by atoms with Gasteiger partial charge in [-0.3, -0.25) is 0 Å². The average Bonchev–Trinajstić information content (AvgIpc) is 2.94. The lowest BCUT2D eigenvalue weighted by atomic mass is 10.1. The second kappa shape index (κ2) is 5.66. The maximum absolute atomic E-state index is 6.33. The van der Waals surface area contributed by atoms with Gasteiger partial charge in [-0.15, -0.1) is 11.6 Å². The van der Waals surface area contributed by atoms with Gasteiger partial charge in [0.1, 0.15) is 5.82 Å². The molecule has 0 amide bonds. The molecule has 1 aromatic heterocycles. The van der Waals surface area contributed by atoms with Crippen LogP contribution in [0.15, 0.2) is 22.7 Å². The van der Waals surface area contributed by atoms with Gasteiger partial charge in [0.15, 0.2) is 0 Å². The first-order valence-electron chi connectivity index (χ1n) is 7.03. The van der Waals surface area contributed by atoms with E-state index in [1.54, 1.807) is 0 Å². The summed E-state index contributed by atoms with van der Waals surface area (Å²) < 4.78 is 3.37. The lowest BCUT2D eigenvalue weighted by molar-refractivity contribution is 0.377. The molecule has 5 heteroatoms. The van der Waals surface area contributed by atoms with Crippen molar-refractivity contribution in [3.05, 3.63) is 28.5 Å². The van der Waals surface area contributed by atoms with Crippen molar-refractivity contribution >= 4 is 38.6 Å². The molecule has 0 spiro atoms. The molecule has 1 aliphatic heterocycles. The summed E-state index contributed by atoms with van der Waals surface area (Å²) >= 11 is 9.84. The largest absolute Gasteiger partial charge is 0.326 e. The molecule has 1 aromatic carbocycles. The molecule has 2 atom stereocenters. The molecular weight excluding hydrogens is 338 g/mol. The van der Waals surface area contributed by atoms with E-state index >= 15 is 0 Å². The fraction of sp³-hybridized carbons (Fsp3) is 0.533. The molecule has 0 N–H and O–H groups in total. The molecule has 2 unspecified atom stereocenters. The highest BCUT2D eigenvalue weighted by atomic mass is 79.9. The molecular formula is C15H19BrClN3. The maximum atomic E-state index is 6.33. The smallest absolute Gasteiger partial charge is 0.127 e. The minimum Gasteiger partial charge on any atom is -0.326 e. The molecule has 0 aliphatic carbocycles. The van der Waals surface area contributed by atoms with E-state index in [0.717, 1.165) is 28.9 Å². The van der Waals surface area contributed by atoms with E-state index < -0.39 is 0 Å². The highest BCUT2D eigenvalue weighted by Gasteiger charge is 2.23. The monoisotopic (exact) mass is 355 g/mol. The Morgan fingerprint density at radius 1 is 1.50 bits per heavy atom. The van der Waals surface area contributed by atoms with Crippen LogP contribution in [-0.4, -0.2) is 34.6 Å². The predicted molar refractivity (Wildman–Crippen MR) is 87.3 cm³/mol. The van der Waals surface area contributed by atoms with Gasteiger partial charge >= 0.3 is 0 Å². The molecule has 1 aliphatic rings. The van der Waals surface area contributed by atoms with Crippen molar-refractivity contribution in [2.75, 3.05) is 20.1 Å². The first-order chi connectivity index (χ1) is 9.54. The van der Waals surface area contributed by atoms with E-state index in [2.05, 4.69) is 50.6 Å². The number of hydrogen-bond acceptors (Lipinski definition) is 2. The van der Waals surface area contributed by atoms with Gasteiger partial charge in [0, 0.05) is 17.6 Å². The summed E-state index contributed by atoms with van der Waals surface area (Å²) in [6, 6.07) is 6.27. The van der Waals surface area contributed by atoms with Crippen LogP contribution in [0.2, 0.25) is 0 Å². The molecule has 20 heavy (non-hydrogen) atoms. The number of benzene rings is 1. The molecule has 1 saturated heterocycles. The Morgan fingerprint density at radius 2 is 2.30 bits per heavy atom. The Labute approximate surface area is 133 Å². The van der Waals surface area contributed by atoms with Crippen LogP contribution in [0.25, 0.3) is 11.0 Å². The molecule has 2 aromatic rings. The Bertz CT molecular complexity index is 623. The lowest BCUT2D eigenvalue weighted by Crippen LogP contribution is -2.18. The quantitative estimate of drug-likeness (QED) is 0.774. The Hall–Kier alpha value is -0.580. The second-order valence-corrected chi connectivity index (χ2v) is 7.32. The third-order valence-electron chi connectivity index (χ3n) is 4.03. The Morgan fingerprint density at radius 3 is 2.95 bits per heavy atom. The topological polar surface area (TPSA) is 21.1 Å². The molecule has 0 bridgehead atoms. The summed E-state index contributed by atoms with van der Waals surface area (Å²) in [5, 5.41) is -0.0692. The average molecular weight is 357 g/mol. The fourth-order valence-electron chi connectivity index (χ4n) is 3.05. The van der Waals surface area contributed by atoms with E-state index in [-0.39, 0.29) is 5.38 Å². The number of imidazole rings is 1. The van der Waals surface area contributed by atoms with Gasteiger partial charge in [-0.05, 0) is 51.1 Å². The van der Waals surface area contributed by atoms with Gasteiger partial charge < -0.3 is 9.47 Å². The summed E-state index contributed by atoms with van der Waals surface area (Å²) in [6.45, 7) is 5.35. The van der Waals surface area contributed by atoms with E-state index in [4.69, 9.17) is 16.6 Å². The summed E-state index contributed by atoms with van der Waals surface area (Å²) in [4.78, 5) is 7.11. The van der Waals surface area contributed by atoms with Crippen LogP contribution < -0.4 is 0 Å². The van der Waals surface area contributed by atoms with Crippen LogP contribution in [0.3, 0.4) is 0 Å². The van der Waals surface area contributed by atoms with Crippen molar-refractivity contribution < 1.29 is 0 Å². The van der Waals surface area contributed by atoms with Gasteiger partial charge in [0.25, 0.3) is 0 Å². The fourth-order valence-corrected chi connectivity index (χ4v) is 3.57. The molecule has 3 rings (SSSR count). The van der Waals surface area contributed by atoms with Gasteiger partial charge in [-0.1, -0.05) is 15.9 Å². The van der Waals surface area contributed by atoms with Crippen LogP contribution in [0.5, 0.6) is 0 Å². The highest BCUT2D eigenvalue weighted by Crippen LogP contribution is 2.29. The summed E-state index contributed by atoms with van der Waals surface area (Å²) in [6.07, 6.45) is 1.25. The van der Waals surface area contributed by atoms with Crippen molar-refractivity contribution in [1.82, 2.24) is 14.5 Å². The number of nitrogens with zero attached hydrogens (tertiary/aromatic N) is 3. The Balaban J connectivity index is 2.00. The van der Waals surface area contributed by atoms with Gasteiger partial charge in [-0.25, -0.2) is 4.98 Å². The van der Waals surface area contributed by atoms with E-state index in [0.29, 0.717) is 5.92 Å². The Kier molecular flexibility index (Phi) is 4.07. The number of halogens is 2. The normalized spacial score (nSPS) is 21.7. The summed E-state index contributed by atoms with van der Waals surface area (Å²) in [5.41, 5.74) is 2.21. The SMILES string of the molecule is CC(Cl)c1nc2cc(Br)ccc2n1CC1CCN(C)C1. The van der Waals surface area contributed by atoms with E-state index in [9.17, 15) is 0 Å². The first-order valence-corrected chi connectivity index (χ1v) is 8.26. The predicted octanol–water partition coefficient (Wildman–Crippen LogP) is 4.05. The zero-order valence-electron chi connectivity index (χ0n) is 11.8. The summed E-state index contributed by atoms with van der Waals surface area (Å²) in [5.74, 6) is 1.67. The lowest BCUT2D eigenvalue weighted by Gasteiger charge is -2.15. The van der Waals surface area contributed by atoms with Crippen LogP contribution in [0.4, 0.5) is 0 Å². The maximum Gasteiger partial charge on any atom is 0.127 e. The van der Waals surface area contributed by atoms with Gasteiger partial charge in [-0.2, -0.15) is 0 Å². The number of alkyl halides is 1. The van der Waals surface area contributed by atoms with Crippen molar-refractivity contribution in [2.45, 2.75) is 25.3 Å². The third-order valence-corrected chi connectivity index (χ3v) is 4.71. The molecule has 0 radical (unpaired) electrons. The minimum atomic E-state index is -0.0692. The molecule has 2 heterocycles. The molecule has 1 fully saturated rings. The minimum absolute atomic E-state index is 0.0692. The number of aromatic nitrogens is 2. The number of likely N-dealkylation sites (tertiary alicyclic amines) is 1. The first kappa shape index (κ1) is 14.4.